The molecule has 0 unspecified atom stereocenters. The van der Waals surface area contributed by atoms with Crippen molar-refractivity contribution in [2.45, 2.75) is 23.8 Å². The van der Waals surface area contributed by atoms with Crippen LogP contribution in [-0.4, -0.2) is 41.6 Å². The Balaban J connectivity index is 1.44. The Morgan fingerprint density at radius 2 is 1.73 bits per heavy atom. The molecule has 8 heteroatoms. The lowest BCUT2D eigenvalue weighted by molar-refractivity contribution is 0.112. The second-order valence-corrected chi connectivity index (χ2v) is 10.5. The van der Waals surface area contributed by atoms with Crippen molar-refractivity contribution in [2.24, 2.45) is 0 Å². The van der Waals surface area contributed by atoms with Crippen molar-refractivity contribution in [1.82, 2.24) is 13.9 Å². The summed E-state index contributed by atoms with van der Waals surface area (Å²) in [7, 11) is -3.70. The number of benzene rings is 2. The molecule has 0 bridgehead atoms. The molecule has 0 radical (unpaired) electrons. The van der Waals surface area contributed by atoms with Crippen LogP contribution >= 0.6 is 11.6 Å². The zero-order valence-corrected chi connectivity index (χ0v) is 19.3. The van der Waals surface area contributed by atoms with Crippen LogP contribution in [0.3, 0.4) is 0 Å². The Morgan fingerprint density at radius 1 is 0.970 bits per heavy atom. The van der Waals surface area contributed by atoms with Gasteiger partial charge in [0.25, 0.3) is 0 Å². The Hall–Kier alpha value is -3.00. The van der Waals surface area contributed by atoms with Gasteiger partial charge in [-0.05, 0) is 54.8 Å². The Bertz CT molecular complexity index is 1430. The van der Waals surface area contributed by atoms with Crippen LogP contribution in [0.15, 0.2) is 77.8 Å². The highest BCUT2D eigenvalue weighted by Crippen LogP contribution is 2.36. The number of piperidine rings is 1. The van der Waals surface area contributed by atoms with Crippen molar-refractivity contribution in [3.05, 3.63) is 83.5 Å². The minimum Gasteiger partial charge on any atom is -0.322 e. The monoisotopic (exact) mass is 479 g/mol. The van der Waals surface area contributed by atoms with Gasteiger partial charge in [-0.2, -0.15) is 4.31 Å². The smallest absolute Gasteiger partial charge is 0.243 e. The summed E-state index contributed by atoms with van der Waals surface area (Å²) in [5.74, 6) is 0. The predicted molar refractivity (Wildman–Crippen MR) is 129 cm³/mol. The van der Waals surface area contributed by atoms with Crippen LogP contribution in [0.2, 0.25) is 5.02 Å². The first-order chi connectivity index (χ1) is 16.0. The standard InChI is InChI=1S/C25H22ClN3O3S/c26-23-16-22(9-8-20(23)17-30)33(31,32)28-13-10-21(11-14-28)29-24(18-5-2-1-3-6-18)15-19-7-4-12-27-25(19)29/h1-9,12,15-17,21H,10-11,13-14H2. The number of fused-ring (bicyclic) bond motifs is 1. The molecule has 1 aliphatic heterocycles. The number of carbonyl (C=O) groups excluding carboxylic acids is 1. The van der Waals surface area contributed by atoms with Crippen LogP contribution in [0.1, 0.15) is 29.2 Å². The summed E-state index contributed by atoms with van der Waals surface area (Å²) < 4.78 is 30.1. The molecule has 0 N–H and O–H groups in total. The van der Waals surface area contributed by atoms with Crippen LogP contribution in [0, 0.1) is 0 Å². The summed E-state index contributed by atoms with van der Waals surface area (Å²) >= 11 is 6.07. The Morgan fingerprint density at radius 3 is 2.42 bits per heavy atom. The summed E-state index contributed by atoms with van der Waals surface area (Å²) in [6, 6.07) is 20.7. The maximum atomic E-state index is 13.2. The van der Waals surface area contributed by atoms with Crippen LogP contribution in [0.5, 0.6) is 0 Å². The highest BCUT2D eigenvalue weighted by molar-refractivity contribution is 7.89. The van der Waals surface area contributed by atoms with E-state index in [9.17, 15) is 13.2 Å². The van der Waals surface area contributed by atoms with E-state index < -0.39 is 10.0 Å². The van der Waals surface area contributed by atoms with E-state index in [0.717, 1.165) is 22.3 Å². The lowest BCUT2D eigenvalue weighted by atomic mass is 10.1. The zero-order chi connectivity index (χ0) is 23.0. The van der Waals surface area contributed by atoms with E-state index in [1.807, 2.05) is 24.3 Å². The number of hydrogen-bond acceptors (Lipinski definition) is 4. The summed E-state index contributed by atoms with van der Waals surface area (Å²) in [5, 5.41) is 1.20. The van der Waals surface area contributed by atoms with Crippen molar-refractivity contribution < 1.29 is 13.2 Å². The maximum Gasteiger partial charge on any atom is 0.243 e. The van der Waals surface area contributed by atoms with Crippen molar-refractivity contribution in [3.63, 3.8) is 0 Å². The van der Waals surface area contributed by atoms with Crippen molar-refractivity contribution in [1.29, 1.82) is 0 Å². The van der Waals surface area contributed by atoms with E-state index in [4.69, 9.17) is 11.6 Å². The van der Waals surface area contributed by atoms with Crippen LogP contribution in [0.4, 0.5) is 0 Å². The molecule has 1 aliphatic rings. The van der Waals surface area contributed by atoms with Gasteiger partial charge in [-0.3, -0.25) is 4.79 Å². The molecule has 2 aromatic heterocycles. The fourth-order valence-corrected chi connectivity index (χ4v) is 6.30. The molecule has 33 heavy (non-hydrogen) atoms. The highest BCUT2D eigenvalue weighted by atomic mass is 35.5. The molecule has 0 aliphatic carbocycles. The quantitative estimate of drug-likeness (QED) is 0.369. The van der Waals surface area contributed by atoms with Gasteiger partial charge in [-0.25, -0.2) is 13.4 Å². The maximum absolute atomic E-state index is 13.2. The Kier molecular flexibility index (Phi) is 5.78. The number of aromatic nitrogens is 2. The first kappa shape index (κ1) is 21.8. The average molecular weight is 480 g/mol. The SMILES string of the molecule is O=Cc1ccc(S(=O)(=O)N2CCC(n3c(-c4ccccc4)cc4cccnc43)CC2)cc1Cl. The molecule has 0 atom stereocenters. The molecule has 3 heterocycles. The van der Waals surface area contributed by atoms with E-state index in [1.165, 1.54) is 22.5 Å². The zero-order valence-electron chi connectivity index (χ0n) is 17.8. The van der Waals surface area contributed by atoms with Gasteiger partial charge >= 0.3 is 0 Å². The number of pyridine rings is 1. The first-order valence-corrected chi connectivity index (χ1v) is 12.6. The third kappa shape index (κ3) is 3.97. The molecule has 0 amide bonds. The molecular weight excluding hydrogens is 458 g/mol. The van der Waals surface area contributed by atoms with Crippen LogP contribution < -0.4 is 0 Å². The van der Waals surface area contributed by atoms with Gasteiger partial charge in [0.1, 0.15) is 5.65 Å². The molecule has 1 saturated heterocycles. The van der Waals surface area contributed by atoms with Gasteiger partial charge in [-0.1, -0.05) is 41.9 Å². The van der Waals surface area contributed by atoms with E-state index in [1.54, 1.807) is 6.20 Å². The van der Waals surface area contributed by atoms with Crippen molar-refractivity contribution in [2.75, 3.05) is 13.1 Å². The fourth-order valence-electron chi connectivity index (χ4n) is 4.51. The fraction of sp³-hybridized carbons (Fsp3) is 0.200. The molecule has 2 aromatic carbocycles. The van der Waals surface area contributed by atoms with Gasteiger partial charge in [0.05, 0.1) is 15.6 Å². The minimum atomic E-state index is -3.70. The average Bonchev–Trinajstić information content (AvgIpc) is 3.24. The van der Waals surface area contributed by atoms with Gasteiger partial charge < -0.3 is 4.57 Å². The van der Waals surface area contributed by atoms with Gasteiger partial charge in [0, 0.05) is 36.3 Å². The van der Waals surface area contributed by atoms with Gasteiger partial charge in [0.2, 0.25) is 10.0 Å². The molecule has 168 valence electrons. The second kappa shape index (κ2) is 8.74. The topological polar surface area (TPSA) is 72.3 Å². The van der Waals surface area contributed by atoms with E-state index in [0.29, 0.717) is 32.2 Å². The summed E-state index contributed by atoms with van der Waals surface area (Å²) in [6.45, 7) is 0.779. The third-order valence-corrected chi connectivity index (χ3v) is 8.41. The van der Waals surface area contributed by atoms with E-state index in [-0.39, 0.29) is 21.5 Å². The normalized spacial score (nSPS) is 15.7. The second-order valence-electron chi connectivity index (χ2n) is 8.12. The molecular formula is C25H22ClN3O3S. The van der Waals surface area contributed by atoms with Gasteiger partial charge in [-0.15, -0.1) is 0 Å². The number of rotatable bonds is 5. The lowest BCUT2D eigenvalue weighted by Crippen LogP contribution is -2.39. The lowest BCUT2D eigenvalue weighted by Gasteiger charge is -2.33. The summed E-state index contributed by atoms with van der Waals surface area (Å²) in [4.78, 5) is 15.7. The molecule has 5 rings (SSSR count). The van der Waals surface area contributed by atoms with Crippen molar-refractivity contribution in [3.8, 4) is 11.3 Å². The largest absolute Gasteiger partial charge is 0.322 e. The molecule has 4 aromatic rings. The van der Waals surface area contributed by atoms with E-state index >= 15 is 0 Å². The number of hydrogen-bond donors (Lipinski definition) is 0. The molecule has 6 nitrogen and oxygen atoms in total. The highest BCUT2D eigenvalue weighted by Gasteiger charge is 2.32. The molecule has 0 saturated carbocycles. The van der Waals surface area contributed by atoms with E-state index in [2.05, 4.69) is 33.8 Å². The number of carbonyl (C=O) groups is 1. The number of aldehydes is 1. The van der Waals surface area contributed by atoms with Crippen molar-refractivity contribution >= 4 is 38.9 Å². The van der Waals surface area contributed by atoms with Crippen LogP contribution in [-0.2, 0) is 10.0 Å². The number of sulfonamides is 1. The van der Waals surface area contributed by atoms with Crippen LogP contribution in [0.25, 0.3) is 22.3 Å². The molecule has 1 fully saturated rings. The third-order valence-electron chi connectivity index (χ3n) is 6.19. The first-order valence-electron chi connectivity index (χ1n) is 10.8. The predicted octanol–water partition coefficient (Wildman–Crippen LogP) is 5.20. The number of nitrogens with zero attached hydrogens (tertiary/aromatic N) is 3. The summed E-state index contributed by atoms with van der Waals surface area (Å²) in [6.07, 6.45) is 3.74. The van der Waals surface area contributed by atoms with Gasteiger partial charge in [0.15, 0.2) is 6.29 Å². The Labute approximate surface area is 197 Å². The summed E-state index contributed by atoms with van der Waals surface area (Å²) in [5.41, 5.74) is 3.38. The molecule has 0 spiro atoms. The minimum absolute atomic E-state index is 0.106. The number of halogens is 1.